The minimum Gasteiger partial charge on any atom is -0.460 e. The first-order chi connectivity index (χ1) is 15.0. The standard InChI is InChI=1S/C23H22N2O4S2/c1-14-6-8-16(9-7-14)13-18-21(26)25-20(17-5-4-12-30-17)19(15(2)24-23(25)31-18)22(27)29-11-10-28-3/h4-9,12-13,20H,10-11H2,1-3H3/b18-13+. The van der Waals surface area contributed by atoms with Crippen LogP contribution in [0.3, 0.4) is 0 Å². The Morgan fingerprint density at radius 2 is 1.97 bits per heavy atom. The molecule has 3 aromatic rings. The van der Waals surface area contributed by atoms with Gasteiger partial charge in [-0.15, -0.1) is 11.3 Å². The molecule has 0 radical (unpaired) electrons. The molecule has 0 spiro atoms. The average molecular weight is 455 g/mol. The van der Waals surface area contributed by atoms with Crippen LogP contribution in [0.15, 0.2) is 62.8 Å². The molecule has 1 unspecified atom stereocenters. The summed E-state index contributed by atoms with van der Waals surface area (Å²) in [5.41, 5.74) is 2.87. The van der Waals surface area contributed by atoms with Crippen molar-refractivity contribution in [3.05, 3.63) is 88.7 Å². The summed E-state index contributed by atoms with van der Waals surface area (Å²) in [6, 6.07) is 11.2. The van der Waals surface area contributed by atoms with Crippen LogP contribution in [-0.2, 0) is 14.3 Å². The van der Waals surface area contributed by atoms with Gasteiger partial charge in [-0.1, -0.05) is 47.2 Å². The summed E-state index contributed by atoms with van der Waals surface area (Å²) in [5, 5.41) is 1.93. The fourth-order valence-corrected chi connectivity index (χ4v) is 5.28. The van der Waals surface area contributed by atoms with Gasteiger partial charge < -0.3 is 9.47 Å². The van der Waals surface area contributed by atoms with Crippen molar-refractivity contribution < 1.29 is 14.3 Å². The summed E-state index contributed by atoms with van der Waals surface area (Å²) < 4.78 is 12.6. The van der Waals surface area contributed by atoms with E-state index >= 15 is 0 Å². The number of thiophene rings is 1. The molecule has 3 heterocycles. The minimum atomic E-state index is -0.563. The second-order valence-corrected chi connectivity index (χ2v) is 9.12. The highest BCUT2D eigenvalue weighted by Gasteiger charge is 2.33. The summed E-state index contributed by atoms with van der Waals surface area (Å²) in [4.78, 5) is 32.4. The summed E-state index contributed by atoms with van der Waals surface area (Å²) in [6.07, 6.45) is 1.87. The van der Waals surface area contributed by atoms with Crippen LogP contribution < -0.4 is 14.9 Å². The first-order valence-corrected chi connectivity index (χ1v) is 11.5. The Hall–Kier alpha value is -2.81. The average Bonchev–Trinajstić information content (AvgIpc) is 3.38. The molecule has 2 aromatic heterocycles. The molecule has 0 aliphatic carbocycles. The Morgan fingerprint density at radius 1 is 1.19 bits per heavy atom. The van der Waals surface area contributed by atoms with Gasteiger partial charge in [0.05, 0.1) is 22.4 Å². The predicted molar refractivity (Wildman–Crippen MR) is 122 cm³/mol. The zero-order valence-electron chi connectivity index (χ0n) is 17.5. The molecule has 160 valence electrons. The van der Waals surface area contributed by atoms with Crippen molar-refractivity contribution in [3.8, 4) is 0 Å². The first-order valence-electron chi connectivity index (χ1n) is 9.78. The third-order valence-corrected chi connectivity index (χ3v) is 6.86. The van der Waals surface area contributed by atoms with Crippen LogP contribution in [0, 0.1) is 6.92 Å². The van der Waals surface area contributed by atoms with E-state index in [0.717, 1.165) is 16.0 Å². The summed E-state index contributed by atoms with van der Waals surface area (Å²) in [7, 11) is 1.55. The van der Waals surface area contributed by atoms with E-state index in [1.165, 1.54) is 22.7 Å². The zero-order valence-corrected chi connectivity index (χ0v) is 19.1. The highest BCUT2D eigenvalue weighted by Crippen LogP contribution is 2.33. The van der Waals surface area contributed by atoms with E-state index in [0.29, 0.717) is 27.2 Å². The van der Waals surface area contributed by atoms with E-state index in [-0.39, 0.29) is 12.2 Å². The number of carbonyl (C=O) groups excluding carboxylic acids is 1. The molecule has 0 N–H and O–H groups in total. The van der Waals surface area contributed by atoms with Gasteiger partial charge in [0, 0.05) is 12.0 Å². The Kier molecular flexibility index (Phi) is 6.31. The van der Waals surface area contributed by atoms with Crippen molar-refractivity contribution in [1.29, 1.82) is 0 Å². The highest BCUT2D eigenvalue weighted by atomic mass is 32.1. The molecule has 4 rings (SSSR count). The summed E-state index contributed by atoms with van der Waals surface area (Å²) >= 11 is 2.82. The molecular weight excluding hydrogens is 432 g/mol. The van der Waals surface area contributed by atoms with Gasteiger partial charge in [-0.05, 0) is 36.9 Å². The number of aromatic nitrogens is 1. The SMILES string of the molecule is COCCOC(=O)C1=C(C)N=c2s/c(=C/c3ccc(C)cc3)c(=O)n2C1c1cccs1. The van der Waals surface area contributed by atoms with Crippen LogP contribution >= 0.6 is 22.7 Å². The zero-order chi connectivity index (χ0) is 22.0. The predicted octanol–water partition coefficient (Wildman–Crippen LogP) is 2.79. The molecule has 0 saturated heterocycles. The lowest BCUT2D eigenvalue weighted by molar-refractivity contribution is -0.140. The number of hydrogen-bond donors (Lipinski definition) is 0. The van der Waals surface area contributed by atoms with Gasteiger partial charge in [-0.2, -0.15) is 0 Å². The minimum absolute atomic E-state index is 0.140. The van der Waals surface area contributed by atoms with Crippen LogP contribution in [0.2, 0.25) is 0 Å². The Balaban J connectivity index is 1.84. The van der Waals surface area contributed by atoms with Gasteiger partial charge >= 0.3 is 5.97 Å². The van der Waals surface area contributed by atoms with Crippen LogP contribution in [0.5, 0.6) is 0 Å². The third kappa shape index (κ3) is 4.32. The van der Waals surface area contributed by atoms with E-state index in [1.54, 1.807) is 18.6 Å². The largest absolute Gasteiger partial charge is 0.460 e. The van der Waals surface area contributed by atoms with E-state index in [1.807, 2.05) is 54.8 Å². The number of esters is 1. The van der Waals surface area contributed by atoms with Crippen LogP contribution in [0.4, 0.5) is 0 Å². The third-order valence-electron chi connectivity index (χ3n) is 4.95. The number of ether oxygens (including phenoxy) is 2. The molecule has 6 nitrogen and oxygen atoms in total. The number of methoxy groups -OCH3 is 1. The lowest BCUT2D eigenvalue weighted by Gasteiger charge is -2.23. The van der Waals surface area contributed by atoms with Crippen molar-refractivity contribution >= 4 is 34.7 Å². The molecule has 0 saturated carbocycles. The number of aryl methyl sites for hydroxylation is 1. The molecule has 1 aliphatic heterocycles. The number of rotatable bonds is 6. The summed E-state index contributed by atoms with van der Waals surface area (Å²) in [5.74, 6) is -0.482. The molecule has 1 aromatic carbocycles. The molecule has 1 atom stereocenters. The van der Waals surface area contributed by atoms with Gasteiger partial charge in [0.2, 0.25) is 0 Å². The molecule has 0 amide bonds. The highest BCUT2D eigenvalue weighted by molar-refractivity contribution is 7.10. The molecule has 31 heavy (non-hydrogen) atoms. The second kappa shape index (κ2) is 9.13. The molecular formula is C23H22N2O4S2. The second-order valence-electron chi connectivity index (χ2n) is 7.14. The van der Waals surface area contributed by atoms with Crippen molar-refractivity contribution in [1.82, 2.24) is 4.57 Å². The van der Waals surface area contributed by atoms with Crippen LogP contribution in [0.25, 0.3) is 6.08 Å². The number of allylic oxidation sites excluding steroid dienone is 1. The van der Waals surface area contributed by atoms with Gasteiger partial charge in [0.1, 0.15) is 12.6 Å². The first kappa shape index (κ1) is 21.4. The number of carbonyl (C=O) groups is 1. The van der Waals surface area contributed by atoms with Crippen molar-refractivity contribution in [2.45, 2.75) is 19.9 Å². The number of nitrogens with zero attached hydrogens (tertiary/aromatic N) is 2. The number of fused-ring (bicyclic) bond motifs is 1. The number of benzene rings is 1. The van der Waals surface area contributed by atoms with E-state index in [2.05, 4.69) is 4.99 Å². The Morgan fingerprint density at radius 3 is 2.65 bits per heavy atom. The van der Waals surface area contributed by atoms with E-state index in [4.69, 9.17) is 9.47 Å². The smallest absolute Gasteiger partial charge is 0.338 e. The maximum absolute atomic E-state index is 13.4. The molecule has 0 fully saturated rings. The number of thiazole rings is 1. The topological polar surface area (TPSA) is 69.9 Å². The lowest BCUT2D eigenvalue weighted by Crippen LogP contribution is -2.39. The molecule has 1 aliphatic rings. The van der Waals surface area contributed by atoms with Gasteiger partial charge in [-0.3, -0.25) is 9.36 Å². The lowest BCUT2D eigenvalue weighted by atomic mass is 10.0. The Bertz CT molecular complexity index is 1300. The number of hydrogen-bond acceptors (Lipinski definition) is 7. The van der Waals surface area contributed by atoms with Crippen LogP contribution in [0.1, 0.15) is 29.0 Å². The van der Waals surface area contributed by atoms with E-state index in [9.17, 15) is 9.59 Å². The van der Waals surface area contributed by atoms with E-state index < -0.39 is 12.0 Å². The van der Waals surface area contributed by atoms with Crippen LogP contribution in [-0.4, -0.2) is 30.9 Å². The maximum Gasteiger partial charge on any atom is 0.338 e. The van der Waals surface area contributed by atoms with Crippen molar-refractivity contribution in [3.63, 3.8) is 0 Å². The monoisotopic (exact) mass is 454 g/mol. The Labute approximate surface area is 187 Å². The normalized spacial score (nSPS) is 16.2. The molecule has 0 bridgehead atoms. The fourth-order valence-electron chi connectivity index (χ4n) is 3.41. The summed E-state index contributed by atoms with van der Waals surface area (Å²) in [6.45, 7) is 4.25. The van der Waals surface area contributed by atoms with Gasteiger partial charge in [-0.25, -0.2) is 9.79 Å². The quantitative estimate of drug-likeness (QED) is 0.424. The molecule has 8 heteroatoms. The fraction of sp³-hybridized carbons (Fsp3) is 0.261. The van der Waals surface area contributed by atoms with Gasteiger partial charge in [0.15, 0.2) is 4.80 Å². The van der Waals surface area contributed by atoms with Gasteiger partial charge in [0.25, 0.3) is 5.56 Å². The maximum atomic E-state index is 13.4. The van der Waals surface area contributed by atoms with Crippen molar-refractivity contribution in [2.24, 2.45) is 4.99 Å². The van der Waals surface area contributed by atoms with Crippen molar-refractivity contribution in [2.75, 3.05) is 20.3 Å².